The van der Waals surface area contributed by atoms with Crippen LogP contribution in [0, 0.1) is 17.7 Å². The molecule has 2 fully saturated rings. The molecule has 4 heterocycles. The molecule has 4 aromatic rings. The number of aromatic nitrogens is 3. The van der Waals surface area contributed by atoms with E-state index >= 15 is 0 Å². The molecular weight excluding hydrogens is 583 g/mol. The molecule has 2 aromatic carbocycles. The minimum absolute atomic E-state index is 0.0876. The Balaban J connectivity index is 1.11. The van der Waals surface area contributed by atoms with Gasteiger partial charge in [-0.2, -0.15) is 0 Å². The lowest BCUT2D eigenvalue weighted by atomic mass is 9.93. The molecule has 2 aliphatic rings. The van der Waals surface area contributed by atoms with E-state index in [1.807, 2.05) is 30.3 Å². The predicted molar refractivity (Wildman–Crippen MR) is 165 cm³/mol. The van der Waals surface area contributed by atoms with E-state index in [1.165, 1.54) is 6.07 Å². The fourth-order valence-electron chi connectivity index (χ4n) is 5.61. The fraction of sp³-hybridized carbons (Fsp3) is 0.382. The summed E-state index contributed by atoms with van der Waals surface area (Å²) in [6, 6.07) is 16.2. The highest BCUT2D eigenvalue weighted by Gasteiger charge is 2.26. The molecule has 228 valence electrons. The average Bonchev–Trinajstić information content (AvgIpc) is 3.34. The summed E-state index contributed by atoms with van der Waals surface area (Å²) in [7, 11) is 0. The standard InChI is InChI=1S/C34H34ClFN4O4/c1-2-42-34(41)11-7-23-6-10-30-31(18-23)40(20-27-14-17-43-27)32(37-30)21-39-15-12-24(13-16-39)29-4-3-5-33(38-29)44-22-25-8-9-26(35)19-28(25)36/h3-6,8-10,18-19,24,27H,2,12-17,20-22H2,1H3/t27-/m0/s1. The van der Waals surface area contributed by atoms with Crippen LogP contribution in [0.5, 0.6) is 5.88 Å². The second-order valence-corrected chi connectivity index (χ2v) is 11.5. The molecule has 44 heavy (non-hydrogen) atoms. The molecule has 0 saturated carbocycles. The van der Waals surface area contributed by atoms with Crippen molar-refractivity contribution in [3.05, 3.63) is 88.1 Å². The molecule has 2 saturated heterocycles. The third-order valence-corrected chi connectivity index (χ3v) is 8.33. The number of hydrogen-bond donors (Lipinski definition) is 0. The number of carbonyl (C=O) groups is 1. The van der Waals surface area contributed by atoms with Crippen LogP contribution in [0.15, 0.2) is 54.6 Å². The topological polar surface area (TPSA) is 78.7 Å². The minimum Gasteiger partial charge on any atom is -0.473 e. The van der Waals surface area contributed by atoms with Gasteiger partial charge in [-0.25, -0.2) is 19.2 Å². The molecule has 0 unspecified atom stereocenters. The highest BCUT2D eigenvalue weighted by atomic mass is 35.5. The minimum atomic E-state index is -0.532. The van der Waals surface area contributed by atoms with Gasteiger partial charge in [0.1, 0.15) is 18.2 Å². The second kappa shape index (κ2) is 13.8. The van der Waals surface area contributed by atoms with Gasteiger partial charge >= 0.3 is 5.97 Å². The Labute approximate surface area is 261 Å². The number of piperidine rings is 1. The molecule has 0 radical (unpaired) electrons. The molecular formula is C34H34ClFN4O4. The van der Waals surface area contributed by atoms with E-state index in [1.54, 1.807) is 25.1 Å². The van der Waals surface area contributed by atoms with E-state index < -0.39 is 11.8 Å². The number of ether oxygens (including phenoxy) is 3. The van der Waals surface area contributed by atoms with Gasteiger partial charge in [-0.3, -0.25) is 4.90 Å². The van der Waals surface area contributed by atoms with Gasteiger partial charge in [-0.15, -0.1) is 0 Å². The van der Waals surface area contributed by atoms with Gasteiger partial charge in [0.05, 0.1) is 36.8 Å². The molecule has 0 aliphatic carbocycles. The lowest BCUT2D eigenvalue weighted by Gasteiger charge is -2.32. The van der Waals surface area contributed by atoms with Crippen molar-refractivity contribution < 1.29 is 23.4 Å². The summed E-state index contributed by atoms with van der Waals surface area (Å²) in [5, 5.41) is 0.356. The quantitative estimate of drug-likeness (QED) is 0.171. The van der Waals surface area contributed by atoms with Crippen LogP contribution >= 0.6 is 11.6 Å². The Bertz CT molecular complexity index is 1700. The summed E-state index contributed by atoms with van der Waals surface area (Å²) < 4.78 is 32.9. The zero-order valence-corrected chi connectivity index (χ0v) is 25.4. The molecule has 2 aromatic heterocycles. The van der Waals surface area contributed by atoms with Crippen molar-refractivity contribution in [2.24, 2.45) is 0 Å². The Morgan fingerprint density at radius 2 is 1.95 bits per heavy atom. The van der Waals surface area contributed by atoms with Crippen molar-refractivity contribution in [1.29, 1.82) is 0 Å². The van der Waals surface area contributed by atoms with Gasteiger partial charge in [-0.05, 0) is 75.7 Å². The van der Waals surface area contributed by atoms with E-state index in [-0.39, 0.29) is 12.7 Å². The molecule has 0 amide bonds. The predicted octanol–water partition coefficient (Wildman–Crippen LogP) is 5.89. The lowest BCUT2D eigenvalue weighted by Crippen LogP contribution is -2.35. The Morgan fingerprint density at radius 1 is 1.11 bits per heavy atom. The lowest BCUT2D eigenvalue weighted by molar-refractivity contribution is -0.136. The van der Waals surface area contributed by atoms with Crippen LogP contribution in [-0.4, -0.2) is 57.8 Å². The van der Waals surface area contributed by atoms with Gasteiger partial charge in [0, 0.05) is 46.4 Å². The van der Waals surface area contributed by atoms with Gasteiger partial charge in [-0.1, -0.05) is 29.7 Å². The number of benzene rings is 2. The van der Waals surface area contributed by atoms with Crippen molar-refractivity contribution in [1.82, 2.24) is 19.4 Å². The number of halogens is 2. The largest absolute Gasteiger partial charge is 0.473 e. The smallest absolute Gasteiger partial charge is 0.384 e. The van der Waals surface area contributed by atoms with Crippen LogP contribution in [-0.2, 0) is 34.0 Å². The number of hydrogen-bond acceptors (Lipinski definition) is 7. The Kier molecular flexibility index (Phi) is 9.41. The highest BCUT2D eigenvalue weighted by Crippen LogP contribution is 2.30. The van der Waals surface area contributed by atoms with Crippen LogP contribution in [0.3, 0.4) is 0 Å². The number of esters is 1. The molecule has 0 N–H and O–H groups in total. The maximum Gasteiger partial charge on any atom is 0.384 e. The van der Waals surface area contributed by atoms with E-state index in [0.717, 1.165) is 80.2 Å². The van der Waals surface area contributed by atoms with Gasteiger partial charge in [0.2, 0.25) is 5.88 Å². The molecule has 1 atom stereocenters. The maximum absolute atomic E-state index is 14.2. The van der Waals surface area contributed by atoms with Gasteiger partial charge in [0.15, 0.2) is 0 Å². The third-order valence-electron chi connectivity index (χ3n) is 8.10. The molecule has 0 spiro atoms. The van der Waals surface area contributed by atoms with E-state index in [2.05, 4.69) is 21.3 Å². The first-order valence-corrected chi connectivity index (χ1v) is 15.4. The number of imidazole rings is 1. The first-order chi connectivity index (χ1) is 21.4. The number of carbonyl (C=O) groups excluding carboxylic acids is 1. The normalized spacial score (nSPS) is 17.1. The van der Waals surface area contributed by atoms with E-state index in [4.69, 9.17) is 35.8 Å². The third kappa shape index (κ3) is 7.21. The number of rotatable bonds is 9. The zero-order chi connectivity index (χ0) is 30.5. The van der Waals surface area contributed by atoms with Crippen LogP contribution in [0.25, 0.3) is 11.0 Å². The van der Waals surface area contributed by atoms with E-state index in [0.29, 0.717) is 29.0 Å². The van der Waals surface area contributed by atoms with Crippen LogP contribution < -0.4 is 4.74 Å². The summed E-state index contributed by atoms with van der Waals surface area (Å²) in [6.07, 6.45) is 3.11. The molecule has 6 rings (SSSR count). The van der Waals surface area contributed by atoms with Gasteiger partial charge in [0.25, 0.3) is 0 Å². The first kappa shape index (κ1) is 30.1. The van der Waals surface area contributed by atoms with E-state index in [9.17, 15) is 9.18 Å². The van der Waals surface area contributed by atoms with Crippen LogP contribution in [0.1, 0.15) is 54.7 Å². The number of nitrogens with zero attached hydrogens (tertiary/aromatic N) is 4. The summed E-state index contributed by atoms with van der Waals surface area (Å²) in [5.41, 5.74) is 4.05. The summed E-state index contributed by atoms with van der Waals surface area (Å²) >= 11 is 5.86. The number of likely N-dealkylation sites (tertiary alicyclic amines) is 1. The number of fused-ring (bicyclic) bond motifs is 1. The average molecular weight is 617 g/mol. The van der Waals surface area contributed by atoms with Crippen molar-refractivity contribution in [2.75, 3.05) is 26.3 Å². The Hall–Kier alpha value is -3.97. The molecule has 10 heteroatoms. The Morgan fingerprint density at radius 3 is 2.70 bits per heavy atom. The summed E-state index contributed by atoms with van der Waals surface area (Å²) in [6.45, 7) is 6.20. The SMILES string of the molecule is CCOC(=O)C#Cc1ccc2nc(CN3CCC(c4cccc(OCc5ccc(Cl)cc5F)n4)CC3)n(C[C@@H]3CCO3)c2c1. The zero-order valence-electron chi connectivity index (χ0n) is 24.6. The maximum atomic E-state index is 14.2. The number of pyridine rings is 1. The fourth-order valence-corrected chi connectivity index (χ4v) is 5.77. The molecule has 8 nitrogen and oxygen atoms in total. The second-order valence-electron chi connectivity index (χ2n) is 11.1. The van der Waals surface area contributed by atoms with Crippen molar-refractivity contribution >= 4 is 28.6 Å². The van der Waals surface area contributed by atoms with Crippen molar-refractivity contribution in [3.8, 4) is 17.7 Å². The first-order valence-electron chi connectivity index (χ1n) is 15.0. The van der Waals surface area contributed by atoms with Crippen LogP contribution in [0.2, 0.25) is 5.02 Å². The summed E-state index contributed by atoms with van der Waals surface area (Å²) in [4.78, 5) is 23.9. The highest BCUT2D eigenvalue weighted by molar-refractivity contribution is 6.30. The van der Waals surface area contributed by atoms with Crippen molar-refractivity contribution in [2.45, 2.75) is 57.9 Å². The van der Waals surface area contributed by atoms with Gasteiger partial charge < -0.3 is 18.8 Å². The summed E-state index contributed by atoms with van der Waals surface area (Å²) in [5.74, 6) is 6.34. The van der Waals surface area contributed by atoms with Crippen LogP contribution in [0.4, 0.5) is 4.39 Å². The van der Waals surface area contributed by atoms with Crippen molar-refractivity contribution in [3.63, 3.8) is 0 Å². The molecule has 0 bridgehead atoms. The monoisotopic (exact) mass is 616 g/mol. The molecule has 2 aliphatic heterocycles.